The van der Waals surface area contributed by atoms with Crippen molar-refractivity contribution in [3.63, 3.8) is 0 Å². The predicted octanol–water partition coefficient (Wildman–Crippen LogP) is 1.79. The van der Waals surface area contributed by atoms with Crippen molar-refractivity contribution in [2.75, 3.05) is 0 Å². The highest BCUT2D eigenvalue weighted by molar-refractivity contribution is 5.85. The maximum Gasteiger partial charge on any atom is 0.189 e. The summed E-state index contributed by atoms with van der Waals surface area (Å²) in [5, 5.41) is 0. The second kappa shape index (κ2) is 5.52. The number of benzene rings is 1. The Hall–Kier alpha value is -1.19. The van der Waals surface area contributed by atoms with Crippen molar-refractivity contribution in [1.82, 2.24) is 9.97 Å². The van der Waals surface area contributed by atoms with Crippen LogP contribution in [0.2, 0.25) is 0 Å². The van der Waals surface area contributed by atoms with Gasteiger partial charge in [0.1, 0.15) is 0 Å². The van der Waals surface area contributed by atoms with Gasteiger partial charge in [-0.15, -0.1) is 24.8 Å². The van der Waals surface area contributed by atoms with E-state index in [1.54, 1.807) is 24.5 Å². The predicted molar refractivity (Wildman–Crippen MR) is 59.4 cm³/mol. The van der Waals surface area contributed by atoms with Gasteiger partial charge in [0.2, 0.25) is 0 Å². The summed E-state index contributed by atoms with van der Waals surface area (Å²) in [4.78, 5) is 19.2. The lowest BCUT2D eigenvalue weighted by Crippen LogP contribution is -2.02. The third-order valence-corrected chi connectivity index (χ3v) is 1.61. The van der Waals surface area contributed by atoms with E-state index in [0.29, 0.717) is 11.3 Å². The SMILES string of the molecule is Cl.Cl.O=c1cccc2nccncc1-2. The van der Waals surface area contributed by atoms with Crippen molar-refractivity contribution in [2.24, 2.45) is 0 Å². The molecule has 0 spiro atoms. The standard InChI is InChI=1S/C9H6N2O.2ClH/c12-9-3-1-2-8-7(9)6-10-4-5-11-8;;/h1-6H;2*1H. The topological polar surface area (TPSA) is 42.9 Å². The molecule has 2 rings (SSSR count). The monoisotopic (exact) mass is 230 g/mol. The molecule has 5 heteroatoms. The average Bonchev–Trinajstić information content (AvgIpc) is 2.30. The Morgan fingerprint density at radius 1 is 1.07 bits per heavy atom. The molecule has 0 aromatic carbocycles. The first kappa shape index (κ1) is 12.8. The molecular weight excluding hydrogens is 223 g/mol. The lowest BCUT2D eigenvalue weighted by atomic mass is 10.1. The van der Waals surface area contributed by atoms with E-state index in [1.165, 1.54) is 12.3 Å². The lowest BCUT2D eigenvalue weighted by Gasteiger charge is -1.93. The van der Waals surface area contributed by atoms with Gasteiger partial charge in [-0.2, -0.15) is 0 Å². The normalized spacial score (nSPS) is 8.57. The van der Waals surface area contributed by atoms with Gasteiger partial charge in [0, 0.05) is 18.6 Å². The maximum atomic E-state index is 11.2. The van der Waals surface area contributed by atoms with Gasteiger partial charge >= 0.3 is 0 Å². The molecule has 1 aliphatic heterocycles. The molecule has 2 aliphatic rings. The summed E-state index contributed by atoms with van der Waals surface area (Å²) in [5.74, 6) is 0. The van der Waals surface area contributed by atoms with Gasteiger partial charge in [-0.05, 0) is 12.1 Å². The molecule has 0 fully saturated rings. The highest BCUT2D eigenvalue weighted by Gasteiger charge is 2.02. The first-order valence-corrected chi connectivity index (χ1v) is 3.57. The summed E-state index contributed by atoms with van der Waals surface area (Å²) in [6.07, 6.45) is 4.66. The quantitative estimate of drug-likeness (QED) is 0.694. The highest BCUT2D eigenvalue weighted by atomic mass is 35.5. The van der Waals surface area contributed by atoms with Crippen LogP contribution in [0.4, 0.5) is 0 Å². The van der Waals surface area contributed by atoms with Gasteiger partial charge in [-0.25, -0.2) is 0 Å². The van der Waals surface area contributed by atoms with Crippen LogP contribution >= 0.6 is 24.8 Å². The first-order chi connectivity index (χ1) is 5.88. The third-order valence-electron chi connectivity index (χ3n) is 1.61. The van der Waals surface area contributed by atoms with Crippen LogP contribution in [0, 0.1) is 0 Å². The van der Waals surface area contributed by atoms with Crippen molar-refractivity contribution in [1.29, 1.82) is 0 Å². The van der Waals surface area contributed by atoms with Gasteiger partial charge in [0.05, 0.1) is 11.3 Å². The smallest absolute Gasteiger partial charge is 0.189 e. The van der Waals surface area contributed by atoms with E-state index < -0.39 is 0 Å². The second-order valence-electron chi connectivity index (χ2n) is 2.39. The summed E-state index contributed by atoms with van der Waals surface area (Å²) >= 11 is 0. The van der Waals surface area contributed by atoms with Gasteiger partial charge < -0.3 is 0 Å². The largest absolute Gasteiger partial charge is 0.289 e. The van der Waals surface area contributed by atoms with Crippen molar-refractivity contribution in [3.05, 3.63) is 47.0 Å². The molecule has 0 N–H and O–H groups in total. The highest BCUT2D eigenvalue weighted by Crippen LogP contribution is 2.09. The Bertz CT molecular complexity index is 436. The Kier molecular flexibility index (Phi) is 5.05. The fourth-order valence-electron chi connectivity index (χ4n) is 1.04. The average molecular weight is 231 g/mol. The van der Waals surface area contributed by atoms with E-state index in [9.17, 15) is 4.79 Å². The zero-order chi connectivity index (χ0) is 8.39. The summed E-state index contributed by atoms with van der Waals surface area (Å²) in [7, 11) is 0. The van der Waals surface area contributed by atoms with E-state index in [4.69, 9.17) is 0 Å². The molecule has 0 atom stereocenters. The van der Waals surface area contributed by atoms with Crippen LogP contribution in [-0.4, -0.2) is 9.97 Å². The summed E-state index contributed by atoms with van der Waals surface area (Å²) < 4.78 is 0. The molecule has 0 radical (unpaired) electrons. The molecule has 74 valence electrons. The summed E-state index contributed by atoms with van der Waals surface area (Å²) in [6.45, 7) is 0. The molecule has 1 aliphatic carbocycles. The fraction of sp³-hybridized carbons (Fsp3) is 0. The molecule has 0 bridgehead atoms. The molecule has 1 heterocycles. The number of fused-ring (bicyclic) bond motifs is 1. The van der Waals surface area contributed by atoms with Crippen LogP contribution in [0.15, 0.2) is 41.6 Å². The molecule has 14 heavy (non-hydrogen) atoms. The maximum absolute atomic E-state index is 11.2. The molecule has 3 nitrogen and oxygen atoms in total. The van der Waals surface area contributed by atoms with Crippen LogP contribution in [0.3, 0.4) is 0 Å². The van der Waals surface area contributed by atoms with E-state index in [0.717, 1.165) is 0 Å². The van der Waals surface area contributed by atoms with Gasteiger partial charge in [0.25, 0.3) is 0 Å². The number of hydrogen-bond donors (Lipinski definition) is 0. The first-order valence-electron chi connectivity index (χ1n) is 3.57. The number of hydrogen-bond acceptors (Lipinski definition) is 3. The summed E-state index contributed by atoms with van der Waals surface area (Å²) in [6, 6.07) is 4.99. The van der Waals surface area contributed by atoms with Gasteiger partial charge in [-0.1, -0.05) is 6.07 Å². The van der Waals surface area contributed by atoms with E-state index in [1.807, 2.05) is 0 Å². The Labute approximate surface area is 93.4 Å². The molecular formula is C9H8Cl2N2O. The third kappa shape index (κ3) is 2.40. The number of rotatable bonds is 0. The van der Waals surface area contributed by atoms with Gasteiger partial charge in [0.15, 0.2) is 5.43 Å². The molecule has 0 saturated heterocycles. The minimum absolute atomic E-state index is 0. The number of halogens is 2. The number of nitrogens with zero attached hydrogens (tertiary/aromatic N) is 2. The molecule has 0 unspecified atom stereocenters. The molecule has 0 aromatic heterocycles. The minimum Gasteiger partial charge on any atom is -0.289 e. The van der Waals surface area contributed by atoms with Crippen LogP contribution in [0.25, 0.3) is 11.3 Å². The van der Waals surface area contributed by atoms with Crippen molar-refractivity contribution < 1.29 is 0 Å². The molecule has 0 aromatic rings. The van der Waals surface area contributed by atoms with Gasteiger partial charge in [-0.3, -0.25) is 14.8 Å². The fourth-order valence-corrected chi connectivity index (χ4v) is 1.04. The van der Waals surface area contributed by atoms with Crippen LogP contribution < -0.4 is 5.43 Å². The van der Waals surface area contributed by atoms with E-state index >= 15 is 0 Å². The zero-order valence-electron chi connectivity index (χ0n) is 7.08. The Morgan fingerprint density at radius 3 is 2.64 bits per heavy atom. The molecule has 0 amide bonds. The minimum atomic E-state index is -0.0382. The Morgan fingerprint density at radius 2 is 1.86 bits per heavy atom. The van der Waals surface area contributed by atoms with Crippen LogP contribution in [-0.2, 0) is 0 Å². The van der Waals surface area contributed by atoms with Crippen molar-refractivity contribution in [2.45, 2.75) is 0 Å². The van der Waals surface area contributed by atoms with Crippen molar-refractivity contribution >= 4 is 24.8 Å². The van der Waals surface area contributed by atoms with Crippen LogP contribution in [0.5, 0.6) is 0 Å². The van der Waals surface area contributed by atoms with Crippen molar-refractivity contribution in [3.8, 4) is 11.3 Å². The van der Waals surface area contributed by atoms with E-state index in [-0.39, 0.29) is 30.2 Å². The Balaban J connectivity index is 0.000000845. The summed E-state index contributed by atoms with van der Waals surface area (Å²) in [5.41, 5.74) is 1.20. The number of aromatic nitrogens is 2. The van der Waals surface area contributed by atoms with Crippen LogP contribution in [0.1, 0.15) is 0 Å². The van der Waals surface area contributed by atoms with E-state index in [2.05, 4.69) is 9.97 Å². The second-order valence-corrected chi connectivity index (χ2v) is 2.39. The lowest BCUT2D eigenvalue weighted by molar-refractivity contribution is 1.33. The zero-order valence-corrected chi connectivity index (χ0v) is 8.72. The molecule has 0 saturated carbocycles.